The number of imidazole rings is 1. The van der Waals surface area contributed by atoms with Crippen LogP contribution in [0.5, 0.6) is 0 Å². The lowest BCUT2D eigenvalue weighted by atomic mass is 10.1. The number of aromatic nitrogens is 4. The molecule has 7 nitrogen and oxygen atoms in total. The van der Waals surface area contributed by atoms with E-state index in [2.05, 4.69) is 20.9 Å². The third-order valence-corrected chi connectivity index (χ3v) is 3.68. The lowest BCUT2D eigenvalue weighted by molar-refractivity contribution is 0.0323. The van der Waals surface area contributed by atoms with Gasteiger partial charge >= 0.3 is 5.69 Å². The number of aromatic amines is 1. The molecule has 2 N–H and O–H groups in total. The minimum Gasteiger partial charge on any atom is -0.396 e. The Bertz CT molecular complexity index is 751. The van der Waals surface area contributed by atoms with E-state index in [0.717, 1.165) is 4.57 Å². The fraction of sp³-hybridized carbons (Fsp3) is 0.500. The van der Waals surface area contributed by atoms with Crippen LogP contribution in [-0.4, -0.2) is 37.2 Å². The molecule has 2 heterocycles. The second-order valence-electron chi connectivity index (χ2n) is 4.26. The van der Waals surface area contributed by atoms with E-state index in [-0.39, 0.29) is 15.9 Å². The highest BCUT2D eigenvalue weighted by molar-refractivity contribution is 9.10. The molecule has 0 saturated heterocycles. The molecule has 0 fully saturated rings. The van der Waals surface area contributed by atoms with Crippen molar-refractivity contribution in [2.45, 2.75) is 13.0 Å². The van der Waals surface area contributed by atoms with Crippen molar-refractivity contribution in [1.82, 2.24) is 19.1 Å². The van der Waals surface area contributed by atoms with Gasteiger partial charge in [-0.05, 0) is 15.9 Å². The van der Waals surface area contributed by atoms with Gasteiger partial charge in [-0.1, -0.05) is 0 Å². The molecule has 110 valence electrons. The molecule has 0 aliphatic rings. The van der Waals surface area contributed by atoms with Gasteiger partial charge in [-0.2, -0.15) is 0 Å². The molecule has 10 heteroatoms. The fourth-order valence-corrected chi connectivity index (χ4v) is 2.19. The van der Waals surface area contributed by atoms with Gasteiger partial charge in [0.05, 0.1) is 12.5 Å². The summed E-state index contributed by atoms with van der Waals surface area (Å²) in [5, 5.41) is 8.93. The Morgan fingerprint density at radius 1 is 1.45 bits per heavy atom. The number of aliphatic hydroxyl groups is 1. The number of fused-ring (bicyclic) bond motifs is 1. The van der Waals surface area contributed by atoms with E-state index < -0.39 is 36.7 Å². The molecule has 0 bridgehead atoms. The zero-order chi connectivity index (χ0) is 15.0. The quantitative estimate of drug-likeness (QED) is 0.761. The first-order valence-electron chi connectivity index (χ1n) is 5.60. The monoisotopic (exact) mass is 352 g/mol. The minimum absolute atomic E-state index is 0.00720. The van der Waals surface area contributed by atoms with Crippen molar-refractivity contribution in [1.29, 1.82) is 0 Å². The molecule has 2 aromatic rings. The normalized spacial score (nSPS) is 13.3. The summed E-state index contributed by atoms with van der Waals surface area (Å²) < 4.78 is 28.0. The van der Waals surface area contributed by atoms with E-state index in [0.29, 0.717) is 0 Å². The standard InChI is InChI=1S/C10H11BrF2N4O3/c1-16-5-7(14-9(16)11)17(10(20)15-8(5)19)2-4(3-18)6(12)13/h4,6,18H,2-3H2,1H3,(H,15,19,20). The number of nitrogens with one attached hydrogen (secondary N) is 1. The maximum atomic E-state index is 12.7. The SMILES string of the molecule is Cn1c(Br)nc2c1c(=O)[nH]c(=O)n2CC(CO)C(F)F. The lowest BCUT2D eigenvalue weighted by Gasteiger charge is -2.14. The van der Waals surface area contributed by atoms with Gasteiger partial charge in [0.1, 0.15) is 0 Å². The molecule has 0 spiro atoms. The topological polar surface area (TPSA) is 92.9 Å². The van der Waals surface area contributed by atoms with E-state index in [1.807, 2.05) is 4.98 Å². The van der Waals surface area contributed by atoms with Crippen molar-refractivity contribution >= 4 is 27.1 Å². The molecule has 0 radical (unpaired) electrons. The molecular formula is C10H11BrF2N4O3. The molecule has 2 aromatic heterocycles. The number of hydrogen-bond acceptors (Lipinski definition) is 4. The Balaban J connectivity index is 2.67. The molecule has 0 aromatic carbocycles. The zero-order valence-electron chi connectivity index (χ0n) is 10.3. The zero-order valence-corrected chi connectivity index (χ0v) is 11.9. The Kier molecular flexibility index (Phi) is 4.04. The summed E-state index contributed by atoms with van der Waals surface area (Å²) in [5.74, 6) is -1.41. The summed E-state index contributed by atoms with van der Waals surface area (Å²) >= 11 is 3.10. The van der Waals surface area contributed by atoms with Gasteiger partial charge in [0, 0.05) is 13.6 Å². The van der Waals surface area contributed by atoms with E-state index in [1.165, 1.54) is 4.57 Å². The smallest absolute Gasteiger partial charge is 0.330 e. The second-order valence-corrected chi connectivity index (χ2v) is 4.97. The van der Waals surface area contributed by atoms with Gasteiger partial charge in [-0.3, -0.25) is 14.3 Å². The van der Waals surface area contributed by atoms with Crippen molar-refractivity contribution in [3.05, 3.63) is 25.6 Å². The summed E-state index contributed by atoms with van der Waals surface area (Å²) in [6.45, 7) is -1.22. The molecule has 0 amide bonds. The van der Waals surface area contributed by atoms with Crippen LogP contribution in [-0.2, 0) is 13.6 Å². The van der Waals surface area contributed by atoms with E-state index in [4.69, 9.17) is 5.11 Å². The first-order chi connectivity index (χ1) is 9.36. The maximum Gasteiger partial charge on any atom is 0.330 e. The van der Waals surface area contributed by atoms with Crippen LogP contribution in [0.25, 0.3) is 11.2 Å². The van der Waals surface area contributed by atoms with Crippen LogP contribution in [0.15, 0.2) is 14.3 Å². The van der Waals surface area contributed by atoms with E-state index in [1.54, 1.807) is 7.05 Å². The maximum absolute atomic E-state index is 12.7. The van der Waals surface area contributed by atoms with Crippen LogP contribution in [0.3, 0.4) is 0 Å². The number of nitrogens with zero attached hydrogens (tertiary/aromatic N) is 3. The summed E-state index contributed by atoms with van der Waals surface area (Å²) in [6, 6.07) is 0. The van der Waals surface area contributed by atoms with E-state index >= 15 is 0 Å². The van der Waals surface area contributed by atoms with Crippen LogP contribution in [0, 0.1) is 5.92 Å². The molecule has 0 aliphatic heterocycles. The van der Waals surface area contributed by atoms with Crippen molar-refractivity contribution in [3.63, 3.8) is 0 Å². The predicted molar refractivity (Wildman–Crippen MR) is 69.9 cm³/mol. The molecule has 20 heavy (non-hydrogen) atoms. The van der Waals surface area contributed by atoms with Gasteiger partial charge in [0.2, 0.25) is 6.43 Å². The van der Waals surface area contributed by atoms with Gasteiger partial charge in [-0.15, -0.1) is 0 Å². The molecule has 0 aliphatic carbocycles. The Morgan fingerprint density at radius 2 is 2.10 bits per heavy atom. The van der Waals surface area contributed by atoms with Crippen LogP contribution >= 0.6 is 15.9 Å². The van der Waals surface area contributed by atoms with Crippen molar-refractivity contribution in [2.24, 2.45) is 13.0 Å². The summed E-state index contributed by atoms with van der Waals surface area (Å²) in [6.07, 6.45) is -2.79. The Labute approximate surface area is 119 Å². The molecule has 0 saturated carbocycles. The summed E-state index contributed by atoms with van der Waals surface area (Å²) in [5.41, 5.74) is -1.42. The average molecular weight is 353 g/mol. The number of rotatable bonds is 4. The first kappa shape index (κ1) is 14.9. The minimum atomic E-state index is -2.79. The van der Waals surface area contributed by atoms with Crippen LogP contribution in [0.1, 0.15) is 0 Å². The second kappa shape index (κ2) is 5.44. The third-order valence-electron chi connectivity index (χ3n) is 2.97. The number of H-pyrrole nitrogens is 1. The Hall–Kier alpha value is -1.55. The van der Waals surface area contributed by atoms with Crippen LogP contribution in [0.2, 0.25) is 0 Å². The third kappa shape index (κ3) is 2.40. The number of halogens is 3. The van der Waals surface area contributed by atoms with Crippen molar-refractivity contribution < 1.29 is 13.9 Å². The molecular weight excluding hydrogens is 342 g/mol. The number of alkyl halides is 2. The summed E-state index contributed by atoms with van der Waals surface area (Å²) in [7, 11) is 1.54. The van der Waals surface area contributed by atoms with Gasteiger partial charge in [-0.25, -0.2) is 18.6 Å². The van der Waals surface area contributed by atoms with Crippen molar-refractivity contribution in [2.75, 3.05) is 6.61 Å². The fourth-order valence-electron chi connectivity index (χ4n) is 1.84. The van der Waals surface area contributed by atoms with Crippen molar-refractivity contribution in [3.8, 4) is 0 Å². The highest BCUT2D eigenvalue weighted by atomic mass is 79.9. The number of aliphatic hydroxyl groups excluding tert-OH is 1. The Morgan fingerprint density at radius 3 is 2.65 bits per heavy atom. The van der Waals surface area contributed by atoms with Gasteiger partial charge < -0.3 is 9.67 Å². The molecule has 1 atom stereocenters. The van der Waals surface area contributed by atoms with Gasteiger partial charge in [0.15, 0.2) is 15.9 Å². The van der Waals surface area contributed by atoms with Crippen LogP contribution < -0.4 is 11.2 Å². The average Bonchev–Trinajstić information content (AvgIpc) is 2.65. The van der Waals surface area contributed by atoms with Crippen LogP contribution in [0.4, 0.5) is 8.78 Å². The molecule has 1 unspecified atom stereocenters. The lowest BCUT2D eigenvalue weighted by Crippen LogP contribution is -2.35. The highest BCUT2D eigenvalue weighted by Crippen LogP contribution is 2.17. The number of hydrogen-bond donors (Lipinski definition) is 2. The largest absolute Gasteiger partial charge is 0.396 e. The highest BCUT2D eigenvalue weighted by Gasteiger charge is 2.23. The first-order valence-corrected chi connectivity index (χ1v) is 6.40. The van der Waals surface area contributed by atoms with E-state index in [9.17, 15) is 18.4 Å². The predicted octanol–water partition coefficient (Wildman–Crippen LogP) is 0.0594. The molecule has 2 rings (SSSR count). The summed E-state index contributed by atoms with van der Waals surface area (Å²) in [4.78, 5) is 29.5. The van der Waals surface area contributed by atoms with Gasteiger partial charge in [0.25, 0.3) is 5.56 Å². The number of aryl methyl sites for hydroxylation is 1.